The van der Waals surface area contributed by atoms with Gasteiger partial charge in [-0.05, 0) is 6.42 Å². The number of anilines is 1. The van der Waals surface area contributed by atoms with Crippen LogP contribution in [0.3, 0.4) is 0 Å². The molecule has 0 saturated heterocycles. The lowest BCUT2D eigenvalue weighted by atomic mass is 10.3. The Morgan fingerprint density at radius 2 is 2.33 bits per heavy atom. The van der Waals surface area contributed by atoms with Gasteiger partial charge in [0, 0.05) is 45.6 Å². The van der Waals surface area contributed by atoms with E-state index >= 15 is 0 Å². The molecule has 1 rings (SSSR count). The van der Waals surface area contributed by atoms with E-state index in [0.29, 0.717) is 38.5 Å². The number of nitrogens with zero attached hydrogens (tertiary/aromatic N) is 4. The van der Waals surface area contributed by atoms with Crippen molar-refractivity contribution in [3.63, 3.8) is 0 Å². The van der Waals surface area contributed by atoms with Gasteiger partial charge >= 0.3 is 0 Å². The smallest absolute Gasteiger partial charge is 0.293 e. The third-order valence-electron chi connectivity index (χ3n) is 2.99. The van der Waals surface area contributed by atoms with Gasteiger partial charge in [-0.25, -0.2) is 4.98 Å². The summed E-state index contributed by atoms with van der Waals surface area (Å²) in [5, 5.41) is 11.5. The van der Waals surface area contributed by atoms with E-state index in [4.69, 9.17) is 15.7 Å². The van der Waals surface area contributed by atoms with Crippen LogP contribution in [0.25, 0.3) is 0 Å². The molecule has 0 saturated carbocycles. The molecule has 1 heterocycles. The summed E-state index contributed by atoms with van der Waals surface area (Å²) in [6, 6.07) is 0. The van der Waals surface area contributed by atoms with Gasteiger partial charge in [-0.1, -0.05) is 12.1 Å². The van der Waals surface area contributed by atoms with Crippen LogP contribution in [-0.4, -0.2) is 47.4 Å². The van der Waals surface area contributed by atoms with E-state index in [-0.39, 0.29) is 11.4 Å². The minimum Gasteiger partial charge on any atom is -0.409 e. The Kier molecular flexibility index (Phi) is 7.24. The maximum Gasteiger partial charge on any atom is 0.293 e. The third-order valence-corrected chi connectivity index (χ3v) is 2.99. The Labute approximate surface area is 123 Å². The van der Waals surface area contributed by atoms with Crippen LogP contribution in [0.2, 0.25) is 0 Å². The molecule has 118 valence electrons. The summed E-state index contributed by atoms with van der Waals surface area (Å²) >= 11 is 0. The van der Waals surface area contributed by atoms with E-state index in [9.17, 15) is 4.79 Å². The summed E-state index contributed by atoms with van der Waals surface area (Å²) < 4.78 is 6.69. The van der Waals surface area contributed by atoms with Gasteiger partial charge in [-0.15, -0.1) is 0 Å². The summed E-state index contributed by atoms with van der Waals surface area (Å²) in [5.41, 5.74) is 5.34. The van der Waals surface area contributed by atoms with Crippen molar-refractivity contribution in [1.82, 2.24) is 9.55 Å². The van der Waals surface area contributed by atoms with E-state index in [1.165, 1.54) is 0 Å². The van der Waals surface area contributed by atoms with Gasteiger partial charge in [0.2, 0.25) is 0 Å². The van der Waals surface area contributed by atoms with Crippen molar-refractivity contribution in [2.24, 2.45) is 10.9 Å². The highest BCUT2D eigenvalue weighted by atomic mass is 16.5. The molecular formula is C13H23N5O3. The second kappa shape index (κ2) is 8.96. The maximum atomic E-state index is 12.4. The molecule has 0 fully saturated rings. The predicted molar refractivity (Wildman–Crippen MR) is 80.9 cm³/mol. The zero-order valence-corrected chi connectivity index (χ0v) is 12.5. The number of amidine groups is 1. The van der Waals surface area contributed by atoms with Gasteiger partial charge in [-0.3, -0.25) is 4.79 Å². The number of nitrogens with two attached hydrogens (primary N) is 1. The number of aryl methyl sites for hydroxylation is 1. The van der Waals surface area contributed by atoms with Crippen molar-refractivity contribution < 1.29 is 9.94 Å². The van der Waals surface area contributed by atoms with Crippen LogP contribution in [0.15, 0.2) is 22.3 Å². The summed E-state index contributed by atoms with van der Waals surface area (Å²) in [5.74, 6) is 0.468. The average Bonchev–Trinajstić information content (AvgIpc) is 2.50. The first kappa shape index (κ1) is 17.0. The molecule has 0 aliphatic rings. The Balaban J connectivity index is 2.96. The largest absolute Gasteiger partial charge is 0.409 e. The standard InChI is InChI=1S/C13H23N5O3/c1-3-6-18-8-5-15-12(13(18)19)17(9-10-21-2)7-4-11(14)16-20/h5,8,20H,3-4,6-7,9-10H2,1-2H3,(H2,14,16). The highest BCUT2D eigenvalue weighted by molar-refractivity contribution is 5.80. The summed E-state index contributed by atoms with van der Waals surface area (Å²) in [6.45, 7) is 4.05. The highest BCUT2D eigenvalue weighted by Gasteiger charge is 2.14. The first-order valence-corrected chi connectivity index (χ1v) is 6.89. The summed E-state index contributed by atoms with van der Waals surface area (Å²) in [4.78, 5) is 18.3. The van der Waals surface area contributed by atoms with Crippen LogP contribution < -0.4 is 16.2 Å². The second-order valence-corrected chi connectivity index (χ2v) is 4.57. The van der Waals surface area contributed by atoms with Crippen molar-refractivity contribution in [3.8, 4) is 0 Å². The minimum absolute atomic E-state index is 0.113. The third kappa shape index (κ3) is 5.07. The van der Waals surface area contributed by atoms with Crippen molar-refractivity contribution in [1.29, 1.82) is 0 Å². The molecule has 0 aliphatic carbocycles. The normalized spacial score (nSPS) is 11.6. The summed E-state index contributed by atoms with van der Waals surface area (Å²) in [6.07, 6.45) is 4.48. The molecule has 21 heavy (non-hydrogen) atoms. The molecule has 1 aromatic heterocycles. The first-order valence-electron chi connectivity index (χ1n) is 6.89. The number of aromatic nitrogens is 2. The Bertz CT molecular complexity index is 515. The number of hydrogen-bond acceptors (Lipinski definition) is 6. The molecule has 0 amide bonds. The number of methoxy groups -OCH3 is 1. The van der Waals surface area contributed by atoms with Crippen LogP contribution in [-0.2, 0) is 11.3 Å². The number of oxime groups is 1. The van der Waals surface area contributed by atoms with Gasteiger partial charge in [0.15, 0.2) is 5.82 Å². The zero-order chi connectivity index (χ0) is 15.7. The van der Waals surface area contributed by atoms with E-state index < -0.39 is 0 Å². The van der Waals surface area contributed by atoms with E-state index in [2.05, 4.69) is 10.1 Å². The second-order valence-electron chi connectivity index (χ2n) is 4.57. The fraction of sp³-hybridized carbons (Fsp3) is 0.615. The molecule has 3 N–H and O–H groups in total. The molecular weight excluding hydrogens is 274 g/mol. The predicted octanol–water partition coefficient (Wildman–Crippen LogP) is 0.243. The first-order chi connectivity index (χ1) is 10.1. The lowest BCUT2D eigenvalue weighted by Gasteiger charge is -2.23. The molecule has 8 heteroatoms. The molecule has 0 aliphatic heterocycles. The molecule has 1 aromatic rings. The lowest BCUT2D eigenvalue weighted by molar-refractivity contribution is 0.205. The molecule has 0 aromatic carbocycles. The number of hydrogen-bond donors (Lipinski definition) is 2. The Morgan fingerprint density at radius 1 is 1.57 bits per heavy atom. The van der Waals surface area contributed by atoms with Crippen LogP contribution in [0.5, 0.6) is 0 Å². The van der Waals surface area contributed by atoms with Crippen molar-refractivity contribution in [2.45, 2.75) is 26.3 Å². The van der Waals surface area contributed by atoms with Crippen LogP contribution >= 0.6 is 0 Å². The Morgan fingerprint density at radius 3 is 2.95 bits per heavy atom. The van der Waals surface area contributed by atoms with Crippen LogP contribution in [0.4, 0.5) is 5.82 Å². The lowest BCUT2D eigenvalue weighted by Crippen LogP contribution is -2.37. The van der Waals surface area contributed by atoms with Crippen LogP contribution in [0, 0.1) is 0 Å². The molecule has 0 radical (unpaired) electrons. The average molecular weight is 297 g/mol. The minimum atomic E-state index is -0.144. The molecule has 0 spiro atoms. The van der Waals surface area contributed by atoms with Gasteiger partial charge < -0.3 is 25.1 Å². The number of rotatable bonds is 9. The quantitative estimate of drug-likeness (QED) is 0.293. The van der Waals surface area contributed by atoms with Crippen molar-refractivity contribution in [2.75, 3.05) is 31.7 Å². The molecule has 0 unspecified atom stereocenters. The zero-order valence-electron chi connectivity index (χ0n) is 12.5. The molecule has 0 atom stereocenters. The van der Waals surface area contributed by atoms with Crippen molar-refractivity contribution in [3.05, 3.63) is 22.7 Å². The number of ether oxygens (including phenoxy) is 1. The monoisotopic (exact) mass is 297 g/mol. The topological polar surface area (TPSA) is 106 Å². The van der Waals surface area contributed by atoms with Crippen LogP contribution in [0.1, 0.15) is 19.8 Å². The van der Waals surface area contributed by atoms with Gasteiger partial charge in [0.1, 0.15) is 5.84 Å². The highest BCUT2D eigenvalue weighted by Crippen LogP contribution is 2.05. The fourth-order valence-electron chi connectivity index (χ4n) is 1.89. The van der Waals surface area contributed by atoms with Crippen molar-refractivity contribution >= 4 is 11.7 Å². The molecule has 8 nitrogen and oxygen atoms in total. The summed E-state index contributed by atoms with van der Waals surface area (Å²) in [7, 11) is 1.59. The van der Waals surface area contributed by atoms with E-state index in [0.717, 1.165) is 6.42 Å². The molecule has 0 bridgehead atoms. The van der Waals surface area contributed by atoms with Gasteiger partial charge in [0.05, 0.1) is 6.61 Å². The van der Waals surface area contributed by atoms with Gasteiger partial charge in [0.25, 0.3) is 5.56 Å². The van der Waals surface area contributed by atoms with E-state index in [1.54, 1.807) is 29.0 Å². The fourth-order valence-corrected chi connectivity index (χ4v) is 1.89. The van der Waals surface area contributed by atoms with Gasteiger partial charge in [-0.2, -0.15) is 0 Å². The maximum absolute atomic E-state index is 12.4. The SMILES string of the molecule is CCCn1ccnc(N(CCOC)CCC(N)=NO)c1=O. The Hall–Kier alpha value is -2.09. The van der Waals surface area contributed by atoms with E-state index in [1.807, 2.05) is 6.92 Å².